The van der Waals surface area contributed by atoms with Gasteiger partial charge < -0.3 is 30.4 Å². The lowest BCUT2D eigenvalue weighted by Crippen LogP contribution is -2.29. The van der Waals surface area contributed by atoms with Gasteiger partial charge in [0.2, 0.25) is 0 Å². The first kappa shape index (κ1) is 31.0. The Balaban J connectivity index is 1.95. The fourth-order valence-electron chi connectivity index (χ4n) is 3.75. The second-order valence-electron chi connectivity index (χ2n) is 9.57. The number of hydrogen-bond acceptors (Lipinski definition) is 8. The zero-order chi connectivity index (χ0) is 30.1. The number of aliphatic carboxylic acids is 1. The second-order valence-corrected chi connectivity index (χ2v) is 9.57. The number of benzene rings is 2. The summed E-state index contributed by atoms with van der Waals surface area (Å²) in [4.78, 5) is 38.4. The minimum atomic E-state index is -1.41. The van der Waals surface area contributed by atoms with E-state index >= 15 is 0 Å². The highest BCUT2D eigenvalue weighted by Crippen LogP contribution is 2.32. The summed E-state index contributed by atoms with van der Waals surface area (Å²) in [5.41, 5.74) is 8.54. The largest absolute Gasteiger partial charge is 0.479 e. The van der Waals surface area contributed by atoms with Crippen molar-refractivity contribution in [2.75, 3.05) is 6.61 Å². The average molecular weight is 572 g/mol. The number of nitrogens with zero attached hydrogens (tertiary/aromatic N) is 1. The van der Waals surface area contributed by atoms with Crippen molar-refractivity contribution in [1.29, 1.82) is 0 Å². The highest BCUT2D eigenvalue weighted by Gasteiger charge is 2.25. The van der Waals surface area contributed by atoms with E-state index in [1.54, 1.807) is 26.0 Å². The number of esters is 1. The first-order valence-corrected chi connectivity index (χ1v) is 12.7. The lowest BCUT2D eigenvalue weighted by Gasteiger charge is -2.17. The molecule has 0 saturated heterocycles. The van der Waals surface area contributed by atoms with E-state index in [0.717, 1.165) is 11.1 Å². The van der Waals surface area contributed by atoms with Crippen molar-refractivity contribution in [2.45, 2.75) is 46.4 Å². The quantitative estimate of drug-likeness (QED) is 0.255. The van der Waals surface area contributed by atoms with Gasteiger partial charge in [0.25, 0.3) is 17.7 Å². The van der Waals surface area contributed by atoms with Gasteiger partial charge in [-0.25, -0.2) is 13.6 Å². The third-order valence-corrected chi connectivity index (χ3v) is 5.65. The van der Waals surface area contributed by atoms with Gasteiger partial charge in [-0.15, -0.1) is 0 Å². The molecule has 0 saturated carbocycles. The van der Waals surface area contributed by atoms with E-state index in [-0.39, 0.29) is 24.6 Å². The predicted molar refractivity (Wildman–Crippen MR) is 144 cm³/mol. The SMILES string of the molecule is CC(=O)OCC(=O)NCc1cc(Oc2nc(O[C@H](CC(C)C)C(=O)O)c(F)cc2F)cc(-c2cccc(CN)c2)c1. The molecule has 4 N–H and O–H groups in total. The van der Waals surface area contributed by atoms with Crippen LogP contribution in [0, 0.1) is 17.6 Å². The molecule has 3 aromatic rings. The van der Waals surface area contributed by atoms with Gasteiger partial charge in [0.05, 0.1) is 0 Å². The monoisotopic (exact) mass is 571 g/mol. The Bertz CT molecular complexity index is 1420. The van der Waals surface area contributed by atoms with E-state index in [1.807, 2.05) is 24.3 Å². The van der Waals surface area contributed by atoms with Crippen LogP contribution in [0.15, 0.2) is 48.5 Å². The van der Waals surface area contributed by atoms with Crippen molar-refractivity contribution in [2.24, 2.45) is 11.7 Å². The molecule has 1 heterocycles. The summed E-state index contributed by atoms with van der Waals surface area (Å²) in [6, 6.07) is 12.7. The van der Waals surface area contributed by atoms with Crippen LogP contribution in [0.25, 0.3) is 11.1 Å². The van der Waals surface area contributed by atoms with Crippen molar-refractivity contribution in [3.63, 3.8) is 0 Å². The Morgan fingerprint density at radius 2 is 1.71 bits per heavy atom. The summed E-state index contributed by atoms with van der Waals surface area (Å²) in [7, 11) is 0. The molecule has 0 bridgehead atoms. The molecule has 0 aliphatic carbocycles. The number of carboxylic acid groups (broad SMARTS) is 1. The number of amides is 1. The Morgan fingerprint density at radius 3 is 2.37 bits per heavy atom. The molecule has 41 heavy (non-hydrogen) atoms. The third-order valence-electron chi connectivity index (χ3n) is 5.65. The summed E-state index contributed by atoms with van der Waals surface area (Å²) in [6.07, 6.45) is -1.34. The molecule has 218 valence electrons. The molecule has 0 radical (unpaired) electrons. The van der Waals surface area contributed by atoms with Crippen molar-refractivity contribution in [3.8, 4) is 28.6 Å². The maximum Gasteiger partial charge on any atom is 0.344 e. The van der Waals surface area contributed by atoms with E-state index in [0.29, 0.717) is 23.7 Å². The highest BCUT2D eigenvalue weighted by molar-refractivity contribution is 5.80. The van der Waals surface area contributed by atoms with Crippen molar-refractivity contribution in [1.82, 2.24) is 10.3 Å². The zero-order valence-electron chi connectivity index (χ0n) is 22.8. The molecule has 0 aliphatic rings. The molecule has 3 rings (SSSR count). The first-order valence-electron chi connectivity index (χ1n) is 12.7. The van der Waals surface area contributed by atoms with E-state index in [2.05, 4.69) is 10.3 Å². The molecule has 0 aliphatic heterocycles. The van der Waals surface area contributed by atoms with Crippen LogP contribution < -0.4 is 20.5 Å². The van der Waals surface area contributed by atoms with Crippen molar-refractivity contribution < 1.29 is 42.5 Å². The normalized spacial score (nSPS) is 11.6. The van der Waals surface area contributed by atoms with Crippen molar-refractivity contribution >= 4 is 17.8 Å². The van der Waals surface area contributed by atoms with Gasteiger partial charge in [0.15, 0.2) is 24.3 Å². The lowest BCUT2D eigenvalue weighted by atomic mass is 10.0. The summed E-state index contributed by atoms with van der Waals surface area (Å²) < 4.78 is 44.9. The predicted octanol–water partition coefficient (Wildman–Crippen LogP) is 4.34. The molecule has 12 heteroatoms. The molecule has 0 unspecified atom stereocenters. The van der Waals surface area contributed by atoms with Crippen LogP contribution in [0.3, 0.4) is 0 Å². The molecular weight excluding hydrogens is 540 g/mol. The highest BCUT2D eigenvalue weighted by atomic mass is 19.1. The second kappa shape index (κ2) is 14.2. The number of hydrogen-bond donors (Lipinski definition) is 3. The lowest BCUT2D eigenvalue weighted by molar-refractivity contribution is -0.146. The van der Waals surface area contributed by atoms with E-state index in [9.17, 15) is 28.3 Å². The molecule has 1 atom stereocenters. The van der Waals surface area contributed by atoms with Crippen LogP contribution >= 0.6 is 0 Å². The number of ether oxygens (including phenoxy) is 3. The maximum atomic E-state index is 14.7. The Hall–Kier alpha value is -4.58. The van der Waals surface area contributed by atoms with Gasteiger partial charge in [-0.1, -0.05) is 32.0 Å². The molecule has 1 amide bonds. The number of nitrogens with two attached hydrogens (primary N) is 1. The zero-order valence-corrected chi connectivity index (χ0v) is 22.8. The molecular formula is C29H31F2N3O7. The van der Waals surface area contributed by atoms with Crippen LogP contribution in [0.1, 0.15) is 38.3 Å². The van der Waals surface area contributed by atoms with Gasteiger partial charge >= 0.3 is 11.9 Å². The number of rotatable bonds is 13. The number of nitrogens with one attached hydrogen (secondary N) is 1. The van der Waals surface area contributed by atoms with E-state index < -0.39 is 54.0 Å². The standard InChI is InChI=1S/C29H31F2N3O7/c1-16(2)7-25(29(37)38)41-28-24(31)12-23(30)27(34-28)40-22-10-19(14-33-26(36)15-39-17(3)35)9-21(11-22)20-6-4-5-18(8-20)13-32/h4-6,8-12,16,25H,7,13-15,32H2,1-3H3,(H,33,36)(H,37,38)/t25-/m1/s1. The third kappa shape index (κ3) is 9.24. The molecule has 1 aromatic heterocycles. The Kier molecular flexibility index (Phi) is 10.7. The topological polar surface area (TPSA) is 150 Å². The summed E-state index contributed by atoms with van der Waals surface area (Å²) in [5, 5.41) is 12.1. The number of halogens is 2. The fourth-order valence-corrected chi connectivity index (χ4v) is 3.75. The van der Waals surface area contributed by atoms with Gasteiger partial charge in [0, 0.05) is 26.1 Å². The van der Waals surface area contributed by atoms with Crippen LogP contribution in [-0.4, -0.2) is 40.6 Å². The number of carboxylic acids is 1. The van der Waals surface area contributed by atoms with Crippen LogP contribution in [0.2, 0.25) is 0 Å². The summed E-state index contributed by atoms with van der Waals surface area (Å²) in [5.74, 6) is -6.15. The average Bonchev–Trinajstić information content (AvgIpc) is 2.92. The van der Waals surface area contributed by atoms with Gasteiger partial charge in [-0.3, -0.25) is 9.59 Å². The molecule has 10 nitrogen and oxygen atoms in total. The minimum Gasteiger partial charge on any atom is -0.479 e. The maximum absolute atomic E-state index is 14.7. The Labute approximate surface area is 235 Å². The van der Waals surface area contributed by atoms with Crippen LogP contribution in [0.5, 0.6) is 17.5 Å². The van der Waals surface area contributed by atoms with E-state index in [1.165, 1.54) is 13.0 Å². The molecule has 2 aromatic carbocycles. The van der Waals surface area contributed by atoms with Gasteiger partial charge in [0.1, 0.15) is 5.75 Å². The number of aromatic nitrogens is 1. The van der Waals surface area contributed by atoms with Crippen LogP contribution in [-0.2, 0) is 32.2 Å². The smallest absolute Gasteiger partial charge is 0.344 e. The molecule has 0 fully saturated rings. The summed E-state index contributed by atoms with van der Waals surface area (Å²) in [6.45, 7) is 4.57. The molecule has 0 spiro atoms. The first-order chi connectivity index (χ1) is 19.4. The Morgan fingerprint density at radius 1 is 1.00 bits per heavy atom. The fraction of sp³-hybridized carbons (Fsp3) is 0.310. The summed E-state index contributed by atoms with van der Waals surface area (Å²) >= 11 is 0. The van der Waals surface area contributed by atoms with E-state index in [4.69, 9.17) is 19.9 Å². The van der Waals surface area contributed by atoms with Crippen molar-refractivity contribution in [3.05, 3.63) is 71.3 Å². The van der Waals surface area contributed by atoms with Crippen LogP contribution in [0.4, 0.5) is 8.78 Å². The number of pyridine rings is 1. The minimum absolute atomic E-state index is 0.00403. The van der Waals surface area contributed by atoms with Gasteiger partial charge in [-0.05, 0) is 58.9 Å². The van der Waals surface area contributed by atoms with Gasteiger partial charge in [-0.2, -0.15) is 4.98 Å². The number of carbonyl (C=O) groups excluding carboxylic acids is 2. The number of carbonyl (C=O) groups is 3.